The molecule has 2 N–H and O–H groups in total. The van der Waals surface area contributed by atoms with Crippen LogP contribution in [-0.2, 0) is 0 Å². The highest BCUT2D eigenvalue weighted by Gasteiger charge is 2.17. The predicted molar refractivity (Wildman–Crippen MR) is 100 cm³/mol. The Hall–Kier alpha value is -0.850. The van der Waals surface area contributed by atoms with Gasteiger partial charge in [-0.15, -0.1) is 36.2 Å². The van der Waals surface area contributed by atoms with Gasteiger partial charge in [0.2, 0.25) is 0 Å². The van der Waals surface area contributed by atoms with Gasteiger partial charge in [-0.2, -0.15) is 0 Å². The van der Waals surface area contributed by atoms with Gasteiger partial charge in [-0.3, -0.25) is 4.79 Å². The minimum atomic E-state index is -0.111. The molecule has 23 heavy (non-hydrogen) atoms. The maximum absolute atomic E-state index is 12.1. The molecule has 1 unspecified atom stereocenters. The Morgan fingerprint density at radius 3 is 2.74 bits per heavy atom. The molecule has 1 aromatic carbocycles. The van der Waals surface area contributed by atoms with E-state index in [2.05, 4.69) is 15.6 Å². The van der Waals surface area contributed by atoms with Crippen LogP contribution >= 0.6 is 47.8 Å². The lowest BCUT2D eigenvalue weighted by atomic mass is 10.2. The van der Waals surface area contributed by atoms with Gasteiger partial charge in [-0.1, -0.05) is 23.7 Å². The monoisotopic (exact) mass is 393 g/mol. The predicted octanol–water partition coefficient (Wildman–Crippen LogP) is 3.79. The molecule has 8 heteroatoms. The quantitative estimate of drug-likeness (QED) is 0.829. The number of thiazole rings is 1. The van der Waals surface area contributed by atoms with Gasteiger partial charge < -0.3 is 10.6 Å². The highest BCUT2D eigenvalue weighted by atomic mass is 35.5. The summed E-state index contributed by atoms with van der Waals surface area (Å²) >= 11 is 7.34. The zero-order chi connectivity index (χ0) is 14.7. The molecule has 0 aliphatic carbocycles. The molecule has 3 rings (SSSR count). The van der Waals surface area contributed by atoms with Gasteiger partial charge in [-0.25, -0.2) is 4.98 Å². The largest absolute Gasteiger partial charge is 0.349 e. The average Bonchev–Trinajstić information content (AvgIpc) is 3.17. The molecule has 1 fully saturated rings. The van der Waals surface area contributed by atoms with Crippen LogP contribution in [0.3, 0.4) is 0 Å². The van der Waals surface area contributed by atoms with Crippen LogP contribution in [0, 0.1) is 0 Å². The first-order valence-corrected chi connectivity index (χ1v) is 8.21. The van der Waals surface area contributed by atoms with Crippen molar-refractivity contribution in [2.75, 3.05) is 13.1 Å². The van der Waals surface area contributed by atoms with Crippen LogP contribution in [0.25, 0.3) is 10.6 Å². The second-order valence-electron chi connectivity index (χ2n) is 5.05. The average molecular weight is 395 g/mol. The van der Waals surface area contributed by atoms with E-state index < -0.39 is 0 Å². The Balaban J connectivity index is 0.00000132. The third-order valence-corrected chi connectivity index (χ3v) is 4.64. The van der Waals surface area contributed by atoms with E-state index in [0.717, 1.165) is 23.5 Å². The number of carbonyl (C=O) groups excluding carboxylic acids is 1. The van der Waals surface area contributed by atoms with Crippen molar-refractivity contribution in [2.24, 2.45) is 0 Å². The molecule has 0 saturated carbocycles. The summed E-state index contributed by atoms with van der Waals surface area (Å²) in [5, 5.41) is 9.61. The van der Waals surface area contributed by atoms with Gasteiger partial charge in [0.15, 0.2) is 0 Å². The topological polar surface area (TPSA) is 54.0 Å². The third kappa shape index (κ3) is 5.33. The zero-order valence-corrected chi connectivity index (χ0v) is 15.5. The van der Waals surface area contributed by atoms with Gasteiger partial charge >= 0.3 is 0 Å². The van der Waals surface area contributed by atoms with Gasteiger partial charge in [0.1, 0.15) is 10.7 Å². The maximum atomic E-state index is 12.1. The fourth-order valence-electron chi connectivity index (χ4n) is 2.34. The molecule has 1 saturated heterocycles. The van der Waals surface area contributed by atoms with Crippen LogP contribution in [0.4, 0.5) is 0 Å². The number of nitrogens with one attached hydrogen (secondary N) is 2. The molecule has 1 aromatic heterocycles. The summed E-state index contributed by atoms with van der Waals surface area (Å²) in [6.45, 7) is 1.70. The number of hydrogen-bond donors (Lipinski definition) is 2. The summed E-state index contributed by atoms with van der Waals surface area (Å²) in [6.07, 6.45) is 2.30. The second kappa shape index (κ2) is 9.45. The van der Waals surface area contributed by atoms with E-state index in [0.29, 0.717) is 23.3 Å². The van der Waals surface area contributed by atoms with Crippen molar-refractivity contribution in [3.05, 3.63) is 40.4 Å². The van der Waals surface area contributed by atoms with E-state index in [1.165, 1.54) is 17.8 Å². The standard InChI is InChI=1S/C15H16ClN3OS.2ClH/c16-11-5-3-10(4-6-11)15-19-13(9-21-15)14(20)18-8-12-2-1-7-17-12;;/h3-6,9,12,17H,1-2,7-8H2,(H,18,20);2*1H. The molecule has 0 spiro atoms. The van der Waals surface area contributed by atoms with Crippen molar-refractivity contribution >= 4 is 53.7 Å². The first kappa shape index (κ1) is 20.2. The molecule has 2 heterocycles. The summed E-state index contributed by atoms with van der Waals surface area (Å²) in [5.41, 5.74) is 1.45. The van der Waals surface area contributed by atoms with Crippen molar-refractivity contribution in [3.8, 4) is 10.6 Å². The SMILES string of the molecule is Cl.Cl.O=C(NCC1CCCN1)c1csc(-c2ccc(Cl)cc2)n1. The van der Waals surface area contributed by atoms with Crippen molar-refractivity contribution in [1.29, 1.82) is 0 Å². The molecule has 1 aliphatic heterocycles. The van der Waals surface area contributed by atoms with Crippen molar-refractivity contribution in [3.63, 3.8) is 0 Å². The number of carbonyl (C=O) groups is 1. The Morgan fingerprint density at radius 2 is 2.09 bits per heavy atom. The van der Waals surface area contributed by atoms with E-state index in [-0.39, 0.29) is 30.7 Å². The summed E-state index contributed by atoms with van der Waals surface area (Å²) in [7, 11) is 0. The number of hydrogen-bond acceptors (Lipinski definition) is 4. The van der Waals surface area contributed by atoms with Crippen LogP contribution in [0.15, 0.2) is 29.6 Å². The number of rotatable bonds is 4. The molecule has 2 aromatic rings. The number of aromatic nitrogens is 1. The summed E-state index contributed by atoms with van der Waals surface area (Å²) in [6, 6.07) is 7.85. The van der Waals surface area contributed by atoms with E-state index in [9.17, 15) is 4.79 Å². The van der Waals surface area contributed by atoms with Crippen LogP contribution in [0.1, 0.15) is 23.3 Å². The molecule has 1 aliphatic rings. The zero-order valence-electron chi connectivity index (χ0n) is 12.3. The fraction of sp³-hybridized carbons (Fsp3) is 0.333. The maximum Gasteiger partial charge on any atom is 0.270 e. The Morgan fingerprint density at radius 1 is 1.35 bits per heavy atom. The van der Waals surface area contributed by atoms with E-state index >= 15 is 0 Å². The molecule has 0 bridgehead atoms. The van der Waals surface area contributed by atoms with Crippen LogP contribution < -0.4 is 10.6 Å². The number of amides is 1. The summed E-state index contributed by atoms with van der Waals surface area (Å²) in [4.78, 5) is 16.5. The van der Waals surface area contributed by atoms with Gasteiger partial charge in [-0.05, 0) is 31.5 Å². The lowest BCUT2D eigenvalue weighted by molar-refractivity contribution is 0.0946. The van der Waals surface area contributed by atoms with E-state index in [1.54, 1.807) is 5.38 Å². The molecule has 4 nitrogen and oxygen atoms in total. The van der Waals surface area contributed by atoms with Gasteiger partial charge in [0.05, 0.1) is 0 Å². The first-order valence-electron chi connectivity index (χ1n) is 6.95. The molecule has 126 valence electrons. The Kier molecular flexibility index (Phi) is 8.29. The second-order valence-corrected chi connectivity index (χ2v) is 6.34. The smallest absolute Gasteiger partial charge is 0.270 e. The fourth-order valence-corrected chi connectivity index (χ4v) is 3.27. The summed E-state index contributed by atoms with van der Waals surface area (Å²) < 4.78 is 0. The highest BCUT2D eigenvalue weighted by molar-refractivity contribution is 7.13. The minimum Gasteiger partial charge on any atom is -0.349 e. The van der Waals surface area contributed by atoms with E-state index in [1.807, 2.05) is 24.3 Å². The number of nitrogens with zero attached hydrogens (tertiary/aromatic N) is 1. The van der Waals surface area contributed by atoms with Crippen LogP contribution in [-0.4, -0.2) is 30.0 Å². The van der Waals surface area contributed by atoms with Crippen LogP contribution in [0.2, 0.25) is 5.02 Å². The number of halogens is 3. The molecule has 1 atom stereocenters. The van der Waals surface area contributed by atoms with Gasteiger partial charge in [0, 0.05) is 28.6 Å². The molecule has 1 amide bonds. The Bertz CT molecular complexity index is 627. The lowest BCUT2D eigenvalue weighted by Crippen LogP contribution is -2.37. The normalized spacial score (nSPS) is 16.3. The minimum absolute atomic E-state index is 0. The summed E-state index contributed by atoms with van der Waals surface area (Å²) in [5.74, 6) is -0.111. The van der Waals surface area contributed by atoms with Crippen molar-refractivity contribution < 1.29 is 4.79 Å². The highest BCUT2D eigenvalue weighted by Crippen LogP contribution is 2.25. The van der Waals surface area contributed by atoms with Gasteiger partial charge in [0.25, 0.3) is 5.91 Å². The first-order chi connectivity index (χ1) is 10.2. The number of benzene rings is 1. The van der Waals surface area contributed by atoms with Crippen LogP contribution in [0.5, 0.6) is 0 Å². The third-order valence-electron chi connectivity index (χ3n) is 3.50. The van der Waals surface area contributed by atoms with E-state index in [4.69, 9.17) is 11.6 Å². The lowest BCUT2D eigenvalue weighted by Gasteiger charge is -2.10. The Labute approximate surface area is 156 Å². The molecular weight excluding hydrogens is 377 g/mol. The van der Waals surface area contributed by atoms with Crippen molar-refractivity contribution in [2.45, 2.75) is 18.9 Å². The molecule has 0 radical (unpaired) electrons. The molecular formula is C15H18Cl3N3OS. The van der Waals surface area contributed by atoms with Crippen molar-refractivity contribution in [1.82, 2.24) is 15.6 Å².